The fourth-order valence-corrected chi connectivity index (χ4v) is 3.46. The summed E-state index contributed by atoms with van der Waals surface area (Å²) in [5, 5.41) is 6.59. The molecule has 0 aliphatic heterocycles. The van der Waals surface area contributed by atoms with Crippen molar-refractivity contribution >= 4 is 17.3 Å². The molecule has 0 saturated heterocycles. The predicted molar refractivity (Wildman–Crippen MR) is 108 cm³/mol. The number of aryl methyl sites for hydroxylation is 1. The Morgan fingerprint density at radius 3 is 2.56 bits per heavy atom. The number of hydrogen-bond acceptors (Lipinski definition) is 4. The average molecular weight is 374 g/mol. The summed E-state index contributed by atoms with van der Waals surface area (Å²) < 4.78 is 7.42. The lowest BCUT2D eigenvalue weighted by molar-refractivity contribution is 0.0728. The van der Waals surface area contributed by atoms with Gasteiger partial charge in [0.1, 0.15) is 4.88 Å². The summed E-state index contributed by atoms with van der Waals surface area (Å²) in [6.07, 6.45) is 0. The third kappa shape index (κ3) is 3.41. The standard InChI is InChI=1S/C22H18N2O2S/c1-15-8-6-11-19(16(15)2)24-21(26-22(25)20-12-7-13-27-20)14-18(23-24)17-9-4-3-5-10-17/h3-14H,1-2H3. The lowest BCUT2D eigenvalue weighted by atomic mass is 10.1. The predicted octanol–water partition coefficient (Wildman–Crippen LogP) is 5.44. The molecular formula is C22H18N2O2S. The summed E-state index contributed by atoms with van der Waals surface area (Å²) in [4.78, 5) is 13.1. The van der Waals surface area contributed by atoms with Crippen LogP contribution in [-0.4, -0.2) is 15.7 Å². The van der Waals surface area contributed by atoms with E-state index in [-0.39, 0.29) is 5.97 Å². The van der Waals surface area contributed by atoms with Crippen LogP contribution in [0.3, 0.4) is 0 Å². The van der Waals surface area contributed by atoms with E-state index in [1.54, 1.807) is 10.7 Å². The van der Waals surface area contributed by atoms with E-state index in [1.165, 1.54) is 11.3 Å². The second-order valence-corrected chi connectivity index (χ2v) is 7.18. The summed E-state index contributed by atoms with van der Waals surface area (Å²) in [5.74, 6) is 0.0250. The van der Waals surface area contributed by atoms with Crippen LogP contribution in [0.15, 0.2) is 72.1 Å². The number of nitrogens with zero attached hydrogens (tertiary/aromatic N) is 2. The van der Waals surface area contributed by atoms with Crippen LogP contribution in [0.25, 0.3) is 16.9 Å². The van der Waals surface area contributed by atoms with Crippen molar-refractivity contribution in [3.05, 3.63) is 88.1 Å². The van der Waals surface area contributed by atoms with E-state index in [9.17, 15) is 4.79 Å². The monoisotopic (exact) mass is 374 g/mol. The number of esters is 1. The first-order valence-electron chi connectivity index (χ1n) is 8.61. The van der Waals surface area contributed by atoms with Gasteiger partial charge in [-0.2, -0.15) is 9.78 Å². The molecule has 0 aliphatic rings. The van der Waals surface area contributed by atoms with Crippen LogP contribution < -0.4 is 4.74 Å². The van der Waals surface area contributed by atoms with Crippen LogP contribution in [-0.2, 0) is 0 Å². The first-order valence-corrected chi connectivity index (χ1v) is 9.49. The zero-order valence-corrected chi connectivity index (χ0v) is 15.9. The van der Waals surface area contributed by atoms with Crippen LogP contribution >= 0.6 is 11.3 Å². The van der Waals surface area contributed by atoms with Gasteiger partial charge in [0.15, 0.2) is 0 Å². The van der Waals surface area contributed by atoms with E-state index >= 15 is 0 Å². The summed E-state index contributed by atoms with van der Waals surface area (Å²) in [6, 6.07) is 21.3. The molecule has 0 spiro atoms. The minimum Gasteiger partial charge on any atom is -0.403 e. The highest BCUT2D eigenvalue weighted by Gasteiger charge is 2.18. The molecule has 0 atom stereocenters. The summed E-state index contributed by atoms with van der Waals surface area (Å²) in [6.45, 7) is 4.09. The Labute approximate surface area is 161 Å². The highest BCUT2D eigenvalue weighted by molar-refractivity contribution is 7.12. The first-order chi connectivity index (χ1) is 13.1. The van der Waals surface area contributed by atoms with Crippen molar-refractivity contribution in [2.24, 2.45) is 0 Å². The number of ether oxygens (including phenoxy) is 1. The number of benzene rings is 2. The van der Waals surface area contributed by atoms with Gasteiger partial charge in [-0.05, 0) is 42.5 Å². The Bertz CT molecular complexity index is 1080. The largest absolute Gasteiger partial charge is 0.403 e. The van der Waals surface area contributed by atoms with E-state index in [0.29, 0.717) is 10.8 Å². The highest BCUT2D eigenvalue weighted by Crippen LogP contribution is 2.29. The second kappa shape index (κ2) is 7.21. The van der Waals surface area contributed by atoms with Gasteiger partial charge in [-0.15, -0.1) is 11.3 Å². The maximum absolute atomic E-state index is 12.5. The molecule has 27 heavy (non-hydrogen) atoms. The first kappa shape index (κ1) is 17.2. The molecule has 2 aromatic carbocycles. The summed E-state index contributed by atoms with van der Waals surface area (Å²) >= 11 is 1.36. The molecule has 2 aromatic heterocycles. The van der Waals surface area contributed by atoms with E-state index in [0.717, 1.165) is 28.1 Å². The van der Waals surface area contributed by atoms with Gasteiger partial charge in [0, 0.05) is 11.6 Å². The number of aromatic nitrogens is 2. The van der Waals surface area contributed by atoms with Crippen molar-refractivity contribution < 1.29 is 9.53 Å². The summed E-state index contributed by atoms with van der Waals surface area (Å²) in [7, 11) is 0. The average Bonchev–Trinajstić information content (AvgIpc) is 3.35. The van der Waals surface area contributed by atoms with Crippen LogP contribution in [0, 0.1) is 13.8 Å². The topological polar surface area (TPSA) is 44.1 Å². The van der Waals surface area contributed by atoms with Crippen LogP contribution in [0.2, 0.25) is 0 Å². The molecule has 4 rings (SSSR count). The lowest BCUT2D eigenvalue weighted by Crippen LogP contribution is -2.11. The second-order valence-electron chi connectivity index (χ2n) is 6.23. The maximum Gasteiger partial charge on any atom is 0.355 e. The molecule has 2 heterocycles. The number of thiophene rings is 1. The van der Waals surface area contributed by atoms with Crippen molar-refractivity contribution in [1.82, 2.24) is 9.78 Å². The van der Waals surface area contributed by atoms with Gasteiger partial charge in [0.25, 0.3) is 0 Å². The van der Waals surface area contributed by atoms with E-state index in [2.05, 4.69) is 13.0 Å². The molecule has 4 nitrogen and oxygen atoms in total. The van der Waals surface area contributed by atoms with Gasteiger partial charge < -0.3 is 4.74 Å². The Morgan fingerprint density at radius 2 is 1.81 bits per heavy atom. The Morgan fingerprint density at radius 1 is 1.00 bits per heavy atom. The number of hydrogen-bond donors (Lipinski definition) is 0. The minimum absolute atomic E-state index is 0.379. The third-order valence-electron chi connectivity index (χ3n) is 4.47. The minimum atomic E-state index is -0.379. The van der Waals surface area contributed by atoms with Crippen molar-refractivity contribution in [3.8, 4) is 22.8 Å². The van der Waals surface area contributed by atoms with Crippen molar-refractivity contribution in [1.29, 1.82) is 0 Å². The lowest BCUT2D eigenvalue weighted by Gasteiger charge is -2.11. The van der Waals surface area contributed by atoms with Gasteiger partial charge in [-0.25, -0.2) is 4.79 Å². The molecule has 0 aliphatic carbocycles. The van der Waals surface area contributed by atoms with Crippen LogP contribution in [0.1, 0.15) is 20.8 Å². The molecule has 0 unspecified atom stereocenters. The molecule has 0 fully saturated rings. The van der Waals surface area contributed by atoms with Gasteiger partial charge in [0.2, 0.25) is 5.88 Å². The third-order valence-corrected chi connectivity index (χ3v) is 5.32. The highest BCUT2D eigenvalue weighted by atomic mass is 32.1. The Hall–Kier alpha value is -3.18. The molecule has 0 N–H and O–H groups in total. The van der Waals surface area contributed by atoms with Gasteiger partial charge in [0.05, 0.1) is 11.4 Å². The quantitative estimate of drug-likeness (QED) is 0.447. The molecular weight excluding hydrogens is 356 g/mol. The molecule has 0 amide bonds. The van der Waals surface area contributed by atoms with Gasteiger partial charge >= 0.3 is 5.97 Å². The van der Waals surface area contributed by atoms with Crippen molar-refractivity contribution in [2.45, 2.75) is 13.8 Å². The van der Waals surface area contributed by atoms with Gasteiger partial charge in [-0.3, -0.25) is 0 Å². The van der Waals surface area contributed by atoms with E-state index in [4.69, 9.17) is 9.84 Å². The zero-order chi connectivity index (χ0) is 18.8. The fourth-order valence-electron chi connectivity index (χ4n) is 2.86. The number of carbonyl (C=O) groups excluding carboxylic acids is 1. The SMILES string of the molecule is Cc1cccc(-n2nc(-c3ccccc3)cc2OC(=O)c2cccs2)c1C. The Balaban J connectivity index is 1.81. The molecule has 0 saturated carbocycles. The number of carbonyl (C=O) groups is 1. The molecule has 4 aromatic rings. The van der Waals surface area contributed by atoms with E-state index < -0.39 is 0 Å². The summed E-state index contributed by atoms with van der Waals surface area (Å²) in [5.41, 5.74) is 4.86. The Kier molecular flexibility index (Phi) is 4.60. The zero-order valence-electron chi connectivity index (χ0n) is 15.0. The van der Waals surface area contributed by atoms with E-state index in [1.807, 2.05) is 66.9 Å². The van der Waals surface area contributed by atoms with Crippen LogP contribution in [0.4, 0.5) is 0 Å². The molecule has 0 bridgehead atoms. The van der Waals surface area contributed by atoms with Crippen molar-refractivity contribution in [3.63, 3.8) is 0 Å². The molecule has 5 heteroatoms. The fraction of sp³-hybridized carbons (Fsp3) is 0.0909. The van der Waals surface area contributed by atoms with Gasteiger partial charge in [-0.1, -0.05) is 48.5 Å². The smallest absolute Gasteiger partial charge is 0.355 e. The normalized spacial score (nSPS) is 10.7. The van der Waals surface area contributed by atoms with Crippen molar-refractivity contribution in [2.75, 3.05) is 0 Å². The molecule has 0 radical (unpaired) electrons. The van der Waals surface area contributed by atoms with Crippen LogP contribution in [0.5, 0.6) is 5.88 Å². The maximum atomic E-state index is 12.5. The molecule has 134 valence electrons. The number of rotatable bonds is 4.